The third-order valence-electron chi connectivity index (χ3n) is 3.57. The molecule has 2 aromatic heterocycles. The molecule has 0 amide bonds. The first kappa shape index (κ1) is 14.6. The van der Waals surface area contributed by atoms with Crippen LogP contribution in [0.5, 0.6) is 0 Å². The highest BCUT2D eigenvalue weighted by Gasteiger charge is 2.19. The van der Waals surface area contributed by atoms with Gasteiger partial charge in [-0.2, -0.15) is 4.98 Å². The zero-order valence-corrected chi connectivity index (χ0v) is 13.0. The number of hydrogen-bond acceptors (Lipinski definition) is 8. The summed E-state index contributed by atoms with van der Waals surface area (Å²) in [5, 5.41) is 7.22. The summed E-state index contributed by atoms with van der Waals surface area (Å²) in [4.78, 5) is 13.5. The van der Waals surface area contributed by atoms with Crippen molar-refractivity contribution in [3.8, 4) is 0 Å². The summed E-state index contributed by atoms with van der Waals surface area (Å²) in [6.07, 6.45) is 0. The topological polar surface area (TPSA) is 84.3 Å². The van der Waals surface area contributed by atoms with Crippen molar-refractivity contribution in [2.24, 2.45) is 5.73 Å². The Bertz CT molecular complexity index is 575. The van der Waals surface area contributed by atoms with Gasteiger partial charge in [0.05, 0.1) is 23.8 Å². The molecule has 2 N–H and O–H groups in total. The monoisotopic (exact) mass is 308 g/mol. The van der Waals surface area contributed by atoms with Gasteiger partial charge in [-0.1, -0.05) is 5.16 Å². The quantitative estimate of drug-likeness (QED) is 0.866. The Morgan fingerprint density at radius 2 is 1.90 bits per heavy atom. The first-order valence-electron chi connectivity index (χ1n) is 7.10. The van der Waals surface area contributed by atoms with Gasteiger partial charge < -0.3 is 10.3 Å². The van der Waals surface area contributed by atoms with Gasteiger partial charge in [-0.15, -0.1) is 11.3 Å². The van der Waals surface area contributed by atoms with Crippen molar-refractivity contribution in [3.05, 3.63) is 27.8 Å². The van der Waals surface area contributed by atoms with E-state index in [-0.39, 0.29) is 0 Å². The van der Waals surface area contributed by atoms with Crippen LogP contribution in [0.3, 0.4) is 0 Å². The molecule has 21 heavy (non-hydrogen) atoms. The minimum Gasteiger partial charge on any atom is -0.338 e. The molecular formula is C13H20N6OS. The minimum atomic E-state index is 0.299. The standard InChI is InChI=1S/C13H20N6OS/c1-10-15-11(9-21-10)7-18-2-4-19(5-3-18)8-12-16-13(6-14)20-17-12/h9H,2-8,14H2,1H3. The highest BCUT2D eigenvalue weighted by atomic mass is 32.1. The maximum Gasteiger partial charge on any atom is 0.240 e. The number of nitrogens with zero attached hydrogens (tertiary/aromatic N) is 5. The van der Waals surface area contributed by atoms with Crippen molar-refractivity contribution >= 4 is 11.3 Å². The predicted octanol–water partition coefficient (Wildman–Crippen LogP) is 0.611. The van der Waals surface area contributed by atoms with Crippen molar-refractivity contribution in [2.45, 2.75) is 26.6 Å². The average molecular weight is 308 g/mol. The maximum absolute atomic E-state index is 5.47. The van der Waals surface area contributed by atoms with Gasteiger partial charge in [-0.25, -0.2) is 4.98 Å². The molecule has 3 heterocycles. The maximum atomic E-state index is 5.47. The lowest BCUT2D eigenvalue weighted by molar-refractivity contribution is 0.118. The summed E-state index contributed by atoms with van der Waals surface area (Å²) in [5.74, 6) is 1.22. The van der Waals surface area contributed by atoms with Crippen LogP contribution in [0.4, 0.5) is 0 Å². The molecule has 0 aliphatic carbocycles. The zero-order chi connectivity index (χ0) is 14.7. The number of rotatable bonds is 5. The summed E-state index contributed by atoms with van der Waals surface area (Å²) < 4.78 is 5.03. The Kier molecular flexibility index (Phi) is 4.59. The van der Waals surface area contributed by atoms with Crippen LogP contribution in [-0.4, -0.2) is 51.1 Å². The van der Waals surface area contributed by atoms with Crippen molar-refractivity contribution in [3.63, 3.8) is 0 Å². The lowest BCUT2D eigenvalue weighted by Crippen LogP contribution is -2.45. The van der Waals surface area contributed by atoms with Crippen LogP contribution in [0.25, 0.3) is 0 Å². The van der Waals surface area contributed by atoms with Crippen LogP contribution in [0, 0.1) is 6.92 Å². The summed E-state index contributed by atoms with van der Waals surface area (Å²) >= 11 is 1.71. The number of aryl methyl sites for hydroxylation is 1. The predicted molar refractivity (Wildman–Crippen MR) is 79.6 cm³/mol. The highest BCUT2D eigenvalue weighted by Crippen LogP contribution is 2.13. The van der Waals surface area contributed by atoms with Crippen LogP contribution in [0.2, 0.25) is 0 Å². The molecule has 0 saturated carbocycles. The Morgan fingerprint density at radius 1 is 1.19 bits per heavy atom. The van der Waals surface area contributed by atoms with Gasteiger partial charge in [0.15, 0.2) is 5.82 Å². The van der Waals surface area contributed by atoms with Gasteiger partial charge in [0.1, 0.15) is 0 Å². The molecule has 1 aliphatic rings. The Labute approximate surface area is 127 Å². The molecule has 0 spiro atoms. The summed E-state index contributed by atoms with van der Waals surface area (Å²) in [6.45, 7) is 8.12. The normalized spacial score (nSPS) is 17.4. The molecule has 1 saturated heterocycles. The van der Waals surface area contributed by atoms with E-state index < -0.39 is 0 Å². The summed E-state index contributed by atoms with van der Waals surface area (Å²) in [7, 11) is 0. The van der Waals surface area contributed by atoms with Crippen LogP contribution in [-0.2, 0) is 19.6 Å². The Morgan fingerprint density at radius 3 is 2.48 bits per heavy atom. The van der Waals surface area contributed by atoms with Crippen LogP contribution in [0.15, 0.2) is 9.90 Å². The lowest BCUT2D eigenvalue weighted by Gasteiger charge is -2.33. The smallest absolute Gasteiger partial charge is 0.240 e. The molecule has 2 aromatic rings. The fourth-order valence-corrected chi connectivity index (χ4v) is 3.06. The van der Waals surface area contributed by atoms with Crippen molar-refractivity contribution in [1.29, 1.82) is 0 Å². The number of aromatic nitrogens is 3. The van der Waals surface area contributed by atoms with E-state index in [4.69, 9.17) is 10.3 Å². The second kappa shape index (κ2) is 6.61. The molecule has 0 radical (unpaired) electrons. The number of thiazole rings is 1. The fourth-order valence-electron chi connectivity index (χ4n) is 2.45. The fraction of sp³-hybridized carbons (Fsp3) is 0.615. The average Bonchev–Trinajstić information content (AvgIpc) is 3.10. The molecule has 0 aromatic carbocycles. The van der Waals surface area contributed by atoms with Gasteiger partial charge in [0.2, 0.25) is 5.89 Å². The van der Waals surface area contributed by atoms with Crippen LogP contribution < -0.4 is 5.73 Å². The second-order valence-corrected chi connectivity index (χ2v) is 6.28. The van der Waals surface area contributed by atoms with Gasteiger partial charge in [0, 0.05) is 38.1 Å². The summed E-state index contributed by atoms with van der Waals surface area (Å²) in [6, 6.07) is 0. The van der Waals surface area contributed by atoms with E-state index in [2.05, 4.69) is 30.3 Å². The first-order chi connectivity index (χ1) is 10.2. The first-order valence-corrected chi connectivity index (χ1v) is 7.98. The van der Waals surface area contributed by atoms with E-state index in [0.29, 0.717) is 12.4 Å². The lowest BCUT2D eigenvalue weighted by atomic mass is 10.3. The second-order valence-electron chi connectivity index (χ2n) is 5.22. The van der Waals surface area contributed by atoms with E-state index in [0.717, 1.165) is 50.1 Å². The molecule has 0 bridgehead atoms. The van der Waals surface area contributed by atoms with E-state index in [1.165, 1.54) is 5.69 Å². The van der Waals surface area contributed by atoms with E-state index >= 15 is 0 Å². The summed E-state index contributed by atoms with van der Waals surface area (Å²) in [5.41, 5.74) is 6.65. The molecule has 0 atom stereocenters. The van der Waals surface area contributed by atoms with Crippen LogP contribution in [0.1, 0.15) is 22.4 Å². The number of hydrogen-bond donors (Lipinski definition) is 1. The van der Waals surface area contributed by atoms with Crippen molar-refractivity contribution in [2.75, 3.05) is 26.2 Å². The van der Waals surface area contributed by atoms with Gasteiger partial charge in [-0.3, -0.25) is 9.80 Å². The molecule has 0 unspecified atom stereocenters. The number of nitrogens with two attached hydrogens (primary N) is 1. The Balaban J connectivity index is 1.46. The van der Waals surface area contributed by atoms with Gasteiger partial charge in [-0.05, 0) is 6.92 Å². The third kappa shape index (κ3) is 3.85. The molecule has 3 rings (SSSR count). The Hall–Kier alpha value is -1.35. The van der Waals surface area contributed by atoms with E-state index in [1.807, 2.05) is 6.92 Å². The molecule has 8 heteroatoms. The zero-order valence-electron chi connectivity index (χ0n) is 12.2. The van der Waals surface area contributed by atoms with Gasteiger partial charge in [0.25, 0.3) is 0 Å². The number of piperazine rings is 1. The molecule has 7 nitrogen and oxygen atoms in total. The van der Waals surface area contributed by atoms with E-state index in [1.54, 1.807) is 11.3 Å². The molecular weight excluding hydrogens is 288 g/mol. The molecule has 114 valence electrons. The van der Waals surface area contributed by atoms with Gasteiger partial charge >= 0.3 is 0 Å². The molecule has 1 fully saturated rings. The SMILES string of the molecule is Cc1nc(CN2CCN(Cc3noc(CN)n3)CC2)cs1. The minimum absolute atomic E-state index is 0.299. The van der Waals surface area contributed by atoms with E-state index in [9.17, 15) is 0 Å². The van der Waals surface area contributed by atoms with Crippen LogP contribution >= 0.6 is 11.3 Å². The largest absolute Gasteiger partial charge is 0.338 e. The highest BCUT2D eigenvalue weighted by molar-refractivity contribution is 7.09. The van der Waals surface area contributed by atoms with Crippen molar-refractivity contribution < 1.29 is 4.52 Å². The molecule has 1 aliphatic heterocycles. The third-order valence-corrected chi connectivity index (χ3v) is 4.39. The van der Waals surface area contributed by atoms with Crippen molar-refractivity contribution in [1.82, 2.24) is 24.9 Å².